The molecule has 1 N–H and O–H groups in total. The predicted octanol–water partition coefficient (Wildman–Crippen LogP) is 3.97. The summed E-state index contributed by atoms with van der Waals surface area (Å²) in [4.78, 5) is 16.8. The van der Waals surface area contributed by atoms with Crippen LogP contribution in [0.15, 0.2) is 24.3 Å². The van der Waals surface area contributed by atoms with E-state index in [1.54, 1.807) is 0 Å². The van der Waals surface area contributed by atoms with E-state index >= 15 is 0 Å². The molecule has 0 atom stereocenters. The van der Waals surface area contributed by atoms with Crippen molar-refractivity contribution in [3.63, 3.8) is 0 Å². The molecule has 1 aromatic carbocycles. The Labute approximate surface area is 125 Å². The van der Waals surface area contributed by atoms with Crippen molar-refractivity contribution in [1.29, 1.82) is 0 Å². The molecule has 3 rings (SSSR count). The van der Waals surface area contributed by atoms with Crippen LogP contribution in [-0.2, 0) is 11.3 Å². The average molecular weight is 285 g/mol. The zero-order valence-corrected chi connectivity index (χ0v) is 12.6. The summed E-state index contributed by atoms with van der Waals surface area (Å²) in [5, 5.41) is 3.01. The molecule has 1 saturated carbocycles. The summed E-state index contributed by atoms with van der Waals surface area (Å²) in [7, 11) is 0. The molecule has 1 heterocycles. The second kappa shape index (κ2) is 6.29. The van der Waals surface area contributed by atoms with E-state index in [-0.39, 0.29) is 5.91 Å². The maximum absolute atomic E-state index is 12.3. The summed E-state index contributed by atoms with van der Waals surface area (Å²) >= 11 is 0. The third-order valence-corrected chi connectivity index (χ3v) is 4.42. The van der Waals surface area contributed by atoms with Crippen LogP contribution in [0.3, 0.4) is 0 Å². The third-order valence-electron chi connectivity index (χ3n) is 4.42. The van der Waals surface area contributed by atoms with Gasteiger partial charge in [-0.25, -0.2) is 4.98 Å². The van der Waals surface area contributed by atoms with Gasteiger partial charge in [0.1, 0.15) is 0 Å². The standard InChI is InChI=1S/C17H23N3O/c1-2-20-15-11-7-6-10-14(15)18-17(20)19-16(21)12-13-8-4-3-5-9-13/h6-7,10-11,13H,2-5,8-9,12H2,1H3,(H,18,19,21). The number of anilines is 1. The minimum Gasteiger partial charge on any atom is -0.310 e. The summed E-state index contributed by atoms with van der Waals surface area (Å²) in [6, 6.07) is 8.01. The van der Waals surface area contributed by atoms with E-state index in [0.717, 1.165) is 17.6 Å². The van der Waals surface area contributed by atoms with E-state index in [2.05, 4.69) is 21.8 Å². The minimum absolute atomic E-state index is 0.104. The number of carbonyl (C=O) groups is 1. The van der Waals surface area contributed by atoms with Crippen LogP contribution in [0.25, 0.3) is 11.0 Å². The first-order valence-corrected chi connectivity index (χ1v) is 8.03. The Kier molecular flexibility index (Phi) is 4.23. The van der Waals surface area contributed by atoms with Crippen LogP contribution in [0.1, 0.15) is 45.4 Å². The molecule has 1 aliphatic carbocycles. The number of nitrogens with zero attached hydrogens (tertiary/aromatic N) is 2. The van der Waals surface area contributed by atoms with Crippen LogP contribution < -0.4 is 5.32 Å². The third kappa shape index (κ3) is 3.09. The monoisotopic (exact) mass is 285 g/mol. The molecule has 1 aromatic heterocycles. The highest BCUT2D eigenvalue weighted by Gasteiger charge is 2.18. The Morgan fingerprint density at radius 1 is 1.29 bits per heavy atom. The van der Waals surface area contributed by atoms with Crippen molar-refractivity contribution < 1.29 is 4.79 Å². The first-order valence-electron chi connectivity index (χ1n) is 8.03. The van der Waals surface area contributed by atoms with Gasteiger partial charge in [-0.2, -0.15) is 0 Å². The van der Waals surface area contributed by atoms with E-state index in [0.29, 0.717) is 18.3 Å². The van der Waals surface area contributed by atoms with E-state index in [4.69, 9.17) is 0 Å². The van der Waals surface area contributed by atoms with Gasteiger partial charge in [0.25, 0.3) is 0 Å². The molecule has 0 bridgehead atoms. The molecule has 0 radical (unpaired) electrons. The number of benzene rings is 1. The number of carbonyl (C=O) groups excluding carboxylic acids is 1. The van der Waals surface area contributed by atoms with Gasteiger partial charge in [0.2, 0.25) is 11.9 Å². The number of para-hydroxylation sites is 2. The van der Waals surface area contributed by atoms with Crippen molar-refractivity contribution in [2.75, 3.05) is 5.32 Å². The lowest BCUT2D eigenvalue weighted by Gasteiger charge is -2.20. The highest BCUT2D eigenvalue weighted by atomic mass is 16.1. The van der Waals surface area contributed by atoms with Gasteiger partial charge in [0, 0.05) is 13.0 Å². The quantitative estimate of drug-likeness (QED) is 0.924. The Balaban J connectivity index is 1.73. The number of aryl methyl sites for hydroxylation is 1. The summed E-state index contributed by atoms with van der Waals surface area (Å²) in [6.45, 7) is 2.88. The number of amides is 1. The lowest BCUT2D eigenvalue weighted by atomic mass is 9.87. The molecule has 1 amide bonds. The maximum atomic E-state index is 12.3. The molecule has 1 fully saturated rings. The number of hydrogen-bond acceptors (Lipinski definition) is 2. The fraction of sp³-hybridized carbons (Fsp3) is 0.529. The van der Waals surface area contributed by atoms with Crippen LogP contribution in [0.2, 0.25) is 0 Å². The Hall–Kier alpha value is -1.84. The molecular weight excluding hydrogens is 262 g/mol. The van der Waals surface area contributed by atoms with E-state index in [1.807, 2.05) is 24.3 Å². The molecular formula is C17H23N3O. The summed E-state index contributed by atoms with van der Waals surface area (Å²) in [6.07, 6.45) is 6.88. The first kappa shape index (κ1) is 14.1. The number of aromatic nitrogens is 2. The number of imidazole rings is 1. The van der Waals surface area contributed by atoms with Crippen molar-refractivity contribution >= 4 is 22.9 Å². The van der Waals surface area contributed by atoms with Gasteiger partial charge in [-0.15, -0.1) is 0 Å². The highest BCUT2D eigenvalue weighted by Crippen LogP contribution is 2.27. The molecule has 0 unspecified atom stereocenters. The average Bonchev–Trinajstić information content (AvgIpc) is 2.85. The van der Waals surface area contributed by atoms with Crippen molar-refractivity contribution in [3.8, 4) is 0 Å². The topological polar surface area (TPSA) is 46.9 Å². The SMILES string of the molecule is CCn1c(NC(=O)CC2CCCCC2)nc2ccccc21. The van der Waals surface area contributed by atoms with Crippen molar-refractivity contribution in [3.05, 3.63) is 24.3 Å². The Bertz CT molecular complexity index is 626. The number of rotatable bonds is 4. The molecule has 0 aliphatic heterocycles. The smallest absolute Gasteiger partial charge is 0.226 e. The van der Waals surface area contributed by atoms with Gasteiger partial charge in [-0.05, 0) is 37.8 Å². The normalized spacial score (nSPS) is 16.2. The predicted molar refractivity (Wildman–Crippen MR) is 85.2 cm³/mol. The van der Waals surface area contributed by atoms with Crippen LogP contribution in [0, 0.1) is 5.92 Å². The second-order valence-electron chi connectivity index (χ2n) is 5.92. The highest BCUT2D eigenvalue weighted by molar-refractivity contribution is 5.91. The maximum Gasteiger partial charge on any atom is 0.226 e. The zero-order chi connectivity index (χ0) is 14.7. The van der Waals surface area contributed by atoms with Crippen molar-refractivity contribution in [2.45, 2.75) is 52.0 Å². The van der Waals surface area contributed by atoms with Gasteiger partial charge in [-0.3, -0.25) is 10.1 Å². The van der Waals surface area contributed by atoms with Crippen LogP contribution >= 0.6 is 0 Å². The van der Waals surface area contributed by atoms with E-state index < -0.39 is 0 Å². The van der Waals surface area contributed by atoms with Gasteiger partial charge >= 0.3 is 0 Å². The minimum atomic E-state index is 0.104. The van der Waals surface area contributed by atoms with E-state index in [1.165, 1.54) is 32.1 Å². The van der Waals surface area contributed by atoms with Crippen LogP contribution in [0.5, 0.6) is 0 Å². The molecule has 1 aliphatic rings. The number of nitrogens with one attached hydrogen (secondary N) is 1. The fourth-order valence-corrected chi connectivity index (χ4v) is 3.32. The molecule has 112 valence electrons. The second-order valence-corrected chi connectivity index (χ2v) is 5.92. The largest absolute Gasteiger partial charge is 0.310 e. The molecule has 2 aromatic rings. The first-order chi connectivity index (χ1) is 10.3. The lowest BCUT2D eigenvalue weighted by molar-refractivity contribution is -0.117. The van der Waals surface area contributed by atoms with Crippen molar-refractivity contribution in [2.24, 2.45) is 5.92 Å². The lowest BCUT2D eigenvalue weighted by Crippen LogP contribution is -2.20. The molecule has 4 heteroatoms. The zero-order valence-electron chi connectivity index (χ0n) is 12.6. The van der Waals surface area contributed by atoms with Gasteiger partial charge in [-0.1, -0.05) is 31.4 Å². The summed E-state index contributed by atoms with van der Waals surface area (Å²) < 4.78 is 2.06. The van der Waals surface area contributed by atoms with Gasteiger partial charge < -0.3 is 4.57 Å². The number of fused-ring (bicyclic) bond motifs is 1. The van der Waals surface area contributed by atoms with Crippen LogP contribution in [0.4, 0.5) is 5.95 Å². The molecule has 4 nitrogen and oxygen atoms in total. The van der Waals surface area contributed by atoms with E-state index in [9.17, 15) is 4.79 Å². The Morgan fingerprint density at radius 2 is 2.05 bits per heavy atom. The summed E-state index contributed by atoms with van der Waals surface area (Å²) in [5.41, 5.74) is 2.01. The number of hydrogen-bond donors (Lipinski definition) is 1. The van der Waals surface area contributed by atoms with Gasteiger partial charge in [0.15, 0.2) is 0 Å². The summed E-state index contributed by atoms with van der Waals surface area (Å²) in [5.74, 6) is 1.34. The molecule has 0 saturated heterocycles. The fourth-order valence-electron chi connectivity index (χ4n) is 3.32. The van der Waals surface area contributed by atoms with Gasteiger partial charge in [0.05, 0.1) is 11.0 Å². The molecule has 21 heavy (non-hydrogen) atoms. The Morgan fingerprint density at radius 3 is 2.81 bits per heavy atom. The van der Waals surface area contributed by atoms with Crippen molar-refractivity contribution in [1.82, 2.24) is 9.55 Å². The van der Waals surface area contributed by atoms with Crippen LogP contribution in [-0.4, -0.2) is 15.5 Å². The molecule has 0 spiro atoms.